The van der Waals surface area contributed by atoms with Gasteiger partial charge in [0, 0.05) is 4.48 Å². The highest BCUT2D eigenvalue weighted by Gasteiger charge is 1.99. The normalized spacial score (nSPS) is 9.77. The van der Waals surface area contributed by atoms with Crippen molar-refractivity contribution in [2.24, 2.45) is 0 Å². The van der Waals surface area contributed by atoms with Crippen molar-refractivity contribution in [2.75, 3.05) is 6.61 Å². The molecule has 0 aliphatic rings. The van der Waals surface area contributed by atoms with E-state index in [9.17, 15) is 0 Å². The van der Waals surface area contributed by atoms with Gasteiger partial charge >= 0.3 is 0 Å². The highest BCUT2D eigenvalue weighted by atomic mass is 79.9. The van der Waals surface area contributed by atoms with Gasteiger partial charge in [-0.25, -0.2) is 0 Å². The Kier molecular flexibility index (Phi) is 3.55. The summed E-state index contributed by atoms with van der Waals surface area (Å²) in [5, 5.41) is 0. The highest BCUT2D eigenvalue weighted by Crippen LogP contribution is 2.20. The largest absolute Gasteiger partial charge is 0.488 e. The Balaban J connectivity index is 2.75. The van der Waals surface area contributed by atoms with Gasteiger partial charge in [0.15, 0.2) is 0 Å². The van der Waals surface area contributed by atoms with Crippen molar-refractivity contribution in [3.05, 3.63) is 40.4 Å². The lowest BCUT2D eigenvalue weighted by atomic mass is 10.1. The van der Waals surface area contributed by atoms with Crippen LogP contribution < -0.4 is 4.74 Å². The maximum Gasteiger partial charge on any atom is 0.123 e. The molecule has 0 atom stereocenters. The fourth-order valence-electron chi connectivity index (χ4n) is 1.02. The number of halogens is 1. The maximum atomic E-state index is 5.53. The van der Waals surface area contributed by atoms with Gasteiger partial charge in [0.2, 0.25) is 0 Å². The van der Waals surface area contributed by atoms with Crippen molar-refractivity contribution in [1.29, 1.82) is 0 Å². The van der Waals surface area contributed by atoms with Crippen molar-refractivity contribution >= 4 is 15.9 Å². The summed E-state index contributed by atoms with van der Waals surface area (Å²) < 4.78 is 6.39. The topological polar surface area (TPSA) is 9.23 Å². The Morgan fingerprint density at radius 1 is 1.46 bits per heavy atom. The average molecular weight is 241 g/mol. The molecule has 0 aromatic heterocycles. The molecule has 0 aliphatic heterocycles. The minimum Gasteiger partial charge on any atom is -0.488 e. The Labute approximate surface area is 87.5 Å². The van der Waals surface area contributed by atoms with Crippen LogP contribution in [0.2, 0.25) is 0 Å². The summed E-state index contributed by atoms with van der Waals surface area (Å²) in [6.45, 7) is 8.32. The van der Waals surface area contributed by atoms with Gasteiger partial charge in [-0.1, -0.05) is 34.6 Å². The molecule has 1 aromatic carbocycles. The van der Waals surface area contributed by atoms with E-state index in [1.54, 1.807) is 0 Å². The molecule has 0 aliphatic carbocycles. The van der Waals surface area contributed by atoms with E-state index in [1.165, 1.54) is 5.56 Å². The monoisotopic (exact) mass is 240 g/mol. The lowest BCUT2D eigenvalue weighted by Gasteiger charge is -2.08. The predicted octanol–water partition coefficient (Wildman–Crippen LogP) is 3.59. The van der Waals surface area contributed by atoms with Crippen molar-refractivity contribution in [1.82, 2.24) is 0 Å². The second-order valence-electron chi connectivity index (χ2n) is 3.07. The van der Waals surface area contributed by atoms with Crippen LogP contribution in [0.5, 0.6) is 5.75 Å². The number of rotatable bonds is 3. The van der Waals surface area contributed by atoms with E-state index in [2.05, 4.69) is 41.6 Å². The summed E-state index contributed by atoms with van der Waals surface area (Å²) in [6.07, 6.45) is 0. The number of hydrogen-bond donors (Lipinski definition) is 0. The van der Waals surface area contributed by atoms with Gasteiger partial charge in [-0.3, -0.25) is 0 Å². The number of ether oxygens (including phenoxy) is 1. The van der Waals surface area contributed by atoms with Gasteiger partial charge in [0.25, 0.3) is 0 Å². The molecule has 0 unspecified atom stereocenters. The minimum atomic E-state index is 0.518. The highest BCUT2D eigenvalue weighted by molar-refractivity contribution is 9.11. The van der Waals surface area contributed by atoms with E-state index >= 15 is 0 Å². The van der Waals surface area contributed by atoms with Gasteiger partial charge in [-0.2, -0.15) is 0 Å². The van der Waals surface area contributed by atoms with E-state index in [-0.39, 0.29) is 0 Å². The van der Waals surface area contributed by atoms with E-state index in [0.29, 0.717) is 6.61 Å². The molecule has 13 heavy (non-hydrogen) atoms. The molecular formula is C11H13BrO. The third-order valence-electron chi connectivity index (χ3n) is 1.73. The van der Waals surface area contributed by atoms with Crippen molar-refractivity contribution < 1.29 is 4.74 Å². The Bertz CT molecular complexity index is 318. The molecule has 0 heterocycles. The molecule has 0 bridgehead atoms. The summed E-state index contributed by atoms with van der Waals surface area (Å²) in [5.74, 6) is 0.931. The SMILES string of the molecule is C=C(Br)COc1cc(C)ccc1C. The zero-order valence-corrected chi connectivity index (χ0v) is 9.52. The lowest BCUT2D eigenvalue weighted by molar-refractivity contribution is 0.358. The first kappa shape index (κ1) is 10.3. The number of hydrogen-bond acceptors (Lipinski definition) is 1. The van der Waals surface area contributed by atoms with Crippen LogP contribution in [0.3, 0.4) is 0 Å². The molecule has 1 nitrogen and oxygen atoms in total. The van der Waals surface area contributed by atoms with Crippen LogP contribution in [0.4, 0.5) is 0 Å². The van der Waals surface area contributed by atoms with Crippen LogP contribution in [0, 0.1) is 13.8 Å². The van der Waals surface area contributed by atoms with Crippen LogP contribution in [-0.4, -0.2) is 6.61 Å². The van der Waals surface area contributed by atoms with Crippen LogP contribution in [0.25, 0.3) is 0 Å². The smallest absolute Gasteiger partial charge is 0.123 e. The van der Waals surface area contributed by atoms with E-state index in [0.717, 1.165) is 15.8 Å². The fourth-order valence-corrected chi connectivity index (χ4v) is 1.13. The van der Waals surface area contributed by atoms with Gasteiger partial charge in [-0.05, 0) is 31.0 Å². The molecule has 0 N–H and O–H groups in total. The Morgan fingerprint density at radius 3 is 2.77 bits per heavy atom. The quantitative estimate of drug-likeness (QED) is 0.785. The third kappa shape index (κ3) is 3.23. The first-order valence-electron chi connectivity index (χ1n) is 4.13. The molecule has 70 valence electrons. The second-order valence-corrected chi connectivity index (χ2v) is 4.20. The number of aryl methyl sites for hydroxylation is 2. The van der Waals surface area contributed by atoms with Crippen LogP contribution in [0.15, 0.2) is 29.3 Å². The van der Waals surface area contributed by atoms with Crippen LogP contribution in [-0.2, 0) is 0 Å². The zero-order chi connectivity index (χ0) is 9.84. The summed E-state index contributed by atoms with van der Waals surface area (Å²) in [6, 6.07) is 6.16. The van der Waals surface area contributed by atoms with Crippen LogP contribution in [0.1, 0.15) is 11.1 Å². The summed E-state index contributed by atoms with van der Waals surface area (Å²) in [4.78, 5) is 0. The second kappa shape index (κ2) is 4.47. The maximum absolute atomic E-state index is 5.53. The predicted molar refractivity (Wildman–Crippen MR) is 59.5 cm³/mol. The van der Waals surface area contributed by atoms with Gasteiger partial charge in [0.05, 0.1) is 0 Å². The molecule has 0 saturated heterocycles. The minimum absolute atomic E-state index is 0.518. The van der Waals surface area contributed by atoms with Crippen molar-refractivity contribution in [2.45, 2.75) is 13.8 Å². The fraction of sp³-hybridized carbons (Fsp3) is 0.273. The van der Waals surface area contributed by atoms with Gasteiger partial charge < -0.3 is 4.74 Å². The van der Waals surface area contributed by atoms with Crippen LogP contribution >= 0.6 is 15.9 Å². The Hall–Kier alpha value is -0.760. The van der Waals surface area contributed by atoms with Gasteiger partial charge in [0.1, 0.15) is 12.4 Å². The van der Waals surface area contributed by atoms with E-state index in [4.69, 9.17) is 4.74 Å². The molecule has 0 fully saturated rings. The summed E-state index contributed by atoms with van der Waals surface area (Å²) >= 11 is 3.26. The third-order valence-corrected chi connectivity index (χ3v) is 1.96. The lowest BCUT2D eigenvalue weighted by Crippen LogP contribution is -1.97. The molecule has 2 heteroatoms. The molecule has 1 rings (SSSR count). The standard InChI is InChI=1S/C11H13BrO/c1-8-4-5-9(2)11(6-8)13-7-10(3)12/h4-6H,3,7H2,1-2H3. The van der Waals surface area contributed by atoms with E-state index < -0.39 is 0 Å². The Morgan fingerprint density at radius 2 is 2.15 bits per heavy atom. The summed E-state index contributed by atoms with van der Waals surface area (Å²) in [7, 11) is 0. The molecule has 0 saturated carbocycles. The average Bonchev–Trinajstić information content (AvgIpc) is 2.06. The van der Waals surface area contributed by atoms with Crippen molar-refractivity contribution in [3.8, 4) is 5.75 Å². The van der Waals surface area contributed by atoms with Gasteiger partial charge in [-0.15, -0.1) is 0 Å². The molecule has 1 aromatic rings. The molecule has 0 amide bonds. The number of benzene rings is 1. The molecule has 0 radical (unpaired) electrons. The van der Waals surface area contributed by atoms with E-state index in [1.807, 2.05) is 13.0 Å². The zero-order valence-electron chi connectivity index (χ0n) is 7.93. The summed E-state index contributed by atoms with van der Waals surface area (Å²) in [5.41, 5.74) is 2.36. The first-order chi connectivity index (χ1) is 6.09. The van der Waals surface area contributed by atoms with Crippen molar-refractivity contribution in [3.63, 3.8) is 0 Å². The first-order valence-corrected chi connectivity index (χ1v) is 4.92. The molecular weight excluding hydrogens is 228 g/mol. The molecule has 0 spiro atoms.